The quantitative estimate of drug-likeness (QED) is 0.660. The number of unbranched alkanes of at least 4 members (excludes halogenated alkanes) is 1. The smallest absolute Gasteiger partial charge is 0.133 e. The number of amidine groups is 1. The highest BCUT2D eigenvalue weighted by molar-refractivity contribution is 6.30. The number of benzene rings is 2. The van der Waals surface area contributed by atoms with E-state index < -0.39 is 0 Å². The number of aliphatic imine (C=N–C) groups is 1. The highest BCUT2D eigenvalue weighted by atomic mass is 35.5. The van der Waals surface area contributed by atoms with Gasteiger partial charge in [0.15, 0.2) is 0 Å². The second-order valence-corrected chi connectivity index (χ2v) is 7.10. The molecule has 1 aliphatic heterocycles. The molecule has 2 aromatic rings. The lowest BCUT2D eigenvalue weighted by atomic mass is 9.97. The SMILES string of the molecule is CCCCC1NC(c2ccc(OC)cc2OCC)=NC1c1ccc(Cl)cc1. The molecule has 1 N–H and O–H groups in total. The van der Waals surface area contributed by atoms with Crippen LogP contribution in [0.3, 0.4) is 0 Å². The van der Waals surface area contributed by atoms with Gasteiger partial charge in [0, 0.05) is 11.1 Å². The third-order valence-corrected chi connectivity index (χ3v) is 5.05. The molecular formula is C22H27ClN2O2. The van der Waals surface area contributed by atoms with Crippen LogP contribution in [0.25, 0.3) is 0 Å². The van der Waals surface area contributed by atoms with Crippen molar-refractivity contribution in [2.45, 2.75) is 45.2 Å². The Hall–Kier alpha value is -2.20. The Kier molecular flexibility index (Phi) is 6.62. The summed E-state index contributed by atoms with van der Waals surface area (Å²) in [7, 11) is 1.66. The third-order valence-electron chi connectivity index (χ3n) is 4.80. The lowest BCUT2D eigenvalue weighted by Crippen LogP contribution is -2.32. The minimum Gasteiger partial charge on any atom is -0.497 e. The molecule has 1 aliphatic rings. The van der Waals surface area contributed by atoms with E-state index in [-0.39, 0.29) is 12.1 Å². The molecular weight excluding hydrogens is 360 g/mol. The van der Waals surface area contributed by atoms with Crippen LogP contribution < -0.4 is 14.8 Å². The summed E-state index contributed by atoms with van der Waals surface area (Å²) in [6.45, 7) is 4.78. The van der Waals surface area contributed by atoms with Gasteiger partial charge in [-0.2, -0.15) is 0 Å². The number of ether oxygens (including phenoxy) is 2. The van der Waals surface area contributed by atoms with Crippen molar-refractivity contribution in [3.05, 3.63) is 58.6 Å². The molecule has 0 radical (unpaired) electrons. The molecule has 27 heavy (non-hydrogen) atoms. The standard InChI is InChI=1S/C22H27ClN2O2/c1-4-6-7-19-21(15-8-10-16(23)11-9-15)25-22(24-19)18-13-12-17(26-3)14-20(18)27-5-2/h8-14,19,21H,4-7H2,1-3H3,(H,24,25). The highest BCUT2D eigenvalue weighted by Crippen LogP contribution is 2.33. The van der Waals surface area contributed by atoms with E-state index in [1.807, 2.05) is 37.3 Å². The van der Waals surface area contributed by atoms with Gasteiger partial charge in [-0.15, -0.1) is 0 Å². The van der Waals surface area contributed by atoms with Gasteiger partial charge in [0.05, 0.1) is 31.4 Å². The van der Waals surface area contributed by atoms with Crippen molar-refractivity contribution in [3.8, 4) is 11.5 Å². The number of methoxy groups -OCH3 is 1. The molecule has 5 heteroatoms. The molecule has 0 fully saturated rings. The van der Waals surface area contributed by atoms with E-state index in [2.05, 4.69) is 24.4 Å². The fourth-order valence-electron chi connectivity index (χ4n) is 3.39. The summed E-state index contributed by atoms with van der Waals surface area (Å²) in [6, 6.07) is 14.2. The van der Waals surface area contributed by atoms with Crippen LogP contribution in [0.15, 0.2) is 47.5 Å². The van der Waals surface area contributed by atoms with Crippen molar-refractivity contribution in [1.29, 1.82) is 0 Å². The van der Waals surface area contributed by atoms with Gasteiger partial charge in [-0.05, 0) is 43.2 Å². The van der Waals surface area contributed by atoms with Crippen LogP contribution in [0.1, 0.15) is 50.3 Å². The van der Waals surface area contributed by atoms with E-state index in [9.17, 15) is 0 Å². The maximum atomic E-state index is 6.07. The van der Waals surface area contributed by atoms with Crippen LogP contribution in [0.4, 0.5) is 0 Å². The maximum absolute atomic E-state index is 6.07. The zero-order chi connectivity index (χ0) is 19.2. The average molecular weight is 387 g/mol. The molecule has 0 saturated carbocycles. The minimum atomic E-state index is 0.0698. The summed E-state index contributed by atoms with van der Waals surface area (Å²) in [5.41, 5.74) is 2.14. The van der Waals surface area contributed by atoms with Crippen molar-refractivity contribution < 1.29 is 9.47 Å². The monoisotopic (exact) mass is 386 g/mol. The molecule has 0 aromatic heterocycles. The first kappa shape index (κ1) is 19.6. The van der Waals surface area contributed by atoms with Crippen LogP contribution in [0.2, 0.25) is 5.02 Å². The van der Waals surface area contributed by atoms with Gasteiger partial charge in [-0.25, -0.2) is 0 Å². The third kappa shape index (κ3) is 4.56. The fraction of sp³-hybridized carbons (Fsp3) is 0.409. The highest BCUT2D eigenvalue weighted by Gasteiger charge is 2.31. The maximum Gasteiger partial charge on any atom is 0.133 e. The normalized spacial score (nSPS) is 18.7. The van der Waals surface area contributed by atoms with Crippen molar-refractivity contribution in [2.75, 3.05) is 13.7 Å². The molecule has 0 saturated heterocycles. The molecule has 2 unspecified atom stereocenters. The Morgan fingerprint density at radius 3 is 2.56 bits per heavy atom. The van der Waals surface area contributed by atoms with Crippen molar-refractivity contribution in [3.63, 3.8) is 0 Å². The first-order chi connectivity index (χ1) is 13.2. The van der Waals surface area contributed by atoms with Crippen LogP contribution in [-0.2, 0) is 0 Å². The largest absolute Gasteiger partial charge is 0.497 e. The Labute approximate surface area is 166 Å². The Bertz CT molecular complexity index is 789. The topological polar surface area (TPSA) is 42.8 Å². The van der Waals surface area contributed by atoms with E-state index in [1.165, 1.54) is 5.56 Å². The summed E-state index contributed by atoms with van der Waals surface area (Å²) >= 11 is 6.07. The first-order valence-electron chi connectivity index (χ1n) is 9.57. The van der Waals surface area contributed by atoms with Gasteiger partial charge in [-0.3, -0.25) is 4.99 Å². The van der Waals surface area contributed by atoms with E-state index in [0.717, 1.165) is 47.2 Å². The predicted octanol–water partition coefficient (Wildman–Crippen LogP) is 5.40. The molecule has 2 atom stereocenters. The second kappa shape index (κ2) is 9.14. The predicted molar refractivity (Wildman–Crippen MR) is 111 cm³/mol. The summed E-state index contributed by atoms with van der Waals surface area (Å²) in [6.07, 6.45) is 3.38. The number of hydrogen-bond donors (Lipinski definition) is 1. The number of nitrogens with one attached hydrogen (secondary N) is 1. The van der Waals surface area contributed by atoms with Gasteiger partial charge >= 0.3 is 0 Å². The molecule has 0 aliphatic carbocycles. The van der Waals surface area contributed by atoms with Gasteiger partial charge in [0.2, 0.25) is 0 Å². The lowest BCUT2D eigenvalue weighted by molar-refractivity contribution is 0.335. The molecule has 3 rings (SSSR count). The summed E-state index contributed by atoms with van der Waals surface area (Å²) in [4.78, 5) is 5.03. The molecule has 144 valence electrons. The number of hydrogen-bond acceptors (Lipinski definition) is 4. The van der Waals surface area contributed by atoms with Crippen molar-refractivity contribution >= 4 is 17.4 Å². The molecule has 2 aromatic carbocycles. The van der Waals surface area contributed by atoms with E-state index in [4.69, 9.17) is 26.1 Å². The van der Waals surface area contributed by atoms with Crippen LogP contribution in [0, 0.1) is 0 Å². The van der Waals surface area contributed by atoms with Crippen molar-refractivity contribution in [1.82, 2.24) is 5.32 Å². The van der Waals surface area contributed by atoms with Gasteiger partial charge in [0.1, 0.15) is 17.3 Å². The van der Waals surface area contributed by atoms with E-state index in [1.54, 1.807) is 7.11 Å². The first-order valence-corrected chi connectivity index (χ1v) is 9.95. The Morgan fingerprint density at radius 1 is 1.11 bits per heavy atom. The fourth-order valence-corrected chi connectivity index (χ4v) is 3.52. The molecule has 4 nitrogen and oxygen atoms in total. The van der Waals surface area contributed by atoms with Crippen LogP contribution in [0.5, 0.6) is 11.5 Å². The average Bonchev–Trinajstić information content (AvgIpc) is 3.11. The zero-order valence-electron chi connectivity index (χ0n) is 16.2. The second-order valence-electron chi connectivity index (χ2n) is 6.66. The number of halogens is 1. The molecule has 0 bridgehead atoms. The van der Waals surface area contributed by atoms with E-state index in [0.29, 0.717) is 6.61 Å². The van der Waals surface area contributed by atoms with Crippen LogP contribution in [-0.4, -0.2) is 25.6 Å². The van der Waals surface area contributed by atoms with Gasteiger partial charge in [-0.1, -0.05) is 43.5 Å². The zero-order valence-corrected chi connectivity index (χ0v) is 16.9. The summed E-state index contributed by atoms with van der Waals surface area (Å²) in [5, 5.41) is 4.38. The van der Waals surface area contributed by atoms with Crippen LogP contribution >= 0.6 is 11.6 Å². The molecule has 0 spiro atoms. The molecule has 1 heterocycles. The van der Waals surface area contributed by atoms with Gasteiger partial charge < -0.3 is 14.8 Å². The minimum absolute atomic E-state index is 0.0698. The Balaban J connectivity index is 1.95. The van der Waals surface area contributed by atoms with Crippen molar-refractivity contribution in [2.24, 2.45) is 4.99 Å². The number of nitrogens with zero attached hydrogens (tertiary/aromatic N) is 1. The summed E-state index contributed by atoms with van der Waals surface area (Å²) in [5.74, 6) is 2.44. The van der Waals surface area contributed by atoms with Gasteiger partial charge in [0.25, 0.3) is 0 Å². The Morgan fingerprint density at radius 2 is 1.89 bits per heavy atom. The summed E-state index contributed by atoms with van der Waals surface area (Å²) < 4.78 is 11.2. The number of rotatable bonds is 8. The lowest BCUT2D eigenvalue weighted by Gasteiger charge is -2.19. The molecule has 0 amide bonds. The van der Waals surface area contributed by atoms with E-state index >= 15 is 0 Å².